The number of ether oxygens (including phenoxy) is 1. The zero-order valence-electron chi connectivity index (χ0n) is 15.7. The van der Waals surface area contributed by atoms with Gasteiger partial charge in [-0.05, 0) is 23.1 Å². The minimum atomic E-state index is -4.64. The highest BCUT2D eigenvalue weighted by Crippen LogP contribution is 2.49. The lowest BCUT2D eigenvalue weighted by atomic mass is 9.73. The molecule has 1 aliphatic heterocycles. The second-order valence-electron chi connectivity index (χ2n) is 7.29. The van der Waals surface area contributed by atoms with E-state index in [1.165, 1.54) is 18.2 Å². The van der Waals surface area contributed by atoms with E-state index < -0.39 is 17.7 Å². The Hall–Kier alpha value is -3.53. The zero-order valence-corrected chi connectivity index (χ0v) is 15.7. The minimum Gasteiger partial charge on any atom is -0.444 e. The van der Waals surface area contributed by atoms with Gasteiger partial charge in [-0.2, -0.15) is 18.4 Å². The third kappa shape index (κ3) is 3.35. The van der Waals surface area contributed by atoms with E-state index in [0.29, 0.717) is 6.42 Å². The number of alkyl halides is 3. The quantitative estimate of drug-likeness (QED) is 0.763. The predicted octanol–water partition coefficient (Wildman–Crippen LogP) is 4.91. The van der Waals surface area contributed by atoms with E-state index in [1.807, 2.05) is 36.4 Å². The number of allylic oxidation sites excluding steroid dienone is 3. The zero-order chi connectivity index (χ0) is 21.5. The predicted molar refractivity (Wildman–Crippen MR) is 103 cm³/mol. The van der Waals surface area contributed by atoms with Crippen LogP contribution in [0.15, 0.2) is 77.4 Å². The van der Waals surface area contributed by atoms with Crippen LogP contribution in [0.2, 0.25) is 0 Å². The Bertz CT molecular complexity index is 1110. The van der Waals surface area contributed by atoms with Gasteiger partial charge in [0.1, 0.15) is 17.4 Å². The Morgan fingerprint density at radius 1 is 1.03 bits per heavy atom. The van der Waals surface area contributed by atoms with Crippen molar-refractivity contribution in [2.45, 2.75) is 30.9 Å². The second-order valence-corrected chi connectivity index (χ2v) is 7.29. The molecule has 0 amide bonds. The number of hydrogen-bond donors (Lipinski definition) is 1. The number of Topliss-reactive ketones (excluding diaryl/α,β-unsaturated/α-hetero) is 1. The van der Waals surface area contributed by atoms with Gasteiger partial charge in [-0.25, -0.2) is 0 Å². The van der Waals surface area contributed by atoms with E-state index in [-0.39, 0.29) is 46.5 Å². The van der Waals surface area contributed by atoms with E-state index in [4.69, 9.17) is 10.5 Å². The molecule has 2 aromatic rings. The van der Waals surface area contributed by atoms with E-state index in [1.54, 1.807) is 0 Å². The maximum absolute atomic E-state index is 13.7. The minimum absolute atomic E-state index is 0.0876. The average Bonchev–Trinajstić information content (AvgIpc) is 2.72. The number of carbonyl (C=O) groups is 1. The third-order valence-corrected chi connectivity index (χ3v) is 5.51. The molecule has 0 radical (unpaired) electrons. The van der Waals surface area contributed by atoms with Crippen molar-refractivity contribution in [2.24, 2.45) is 5.73 Å². The standard InChI is InChI=1S/C23H17F3N2O2/c24-23(25,26)17-9-5-4-8-15(17)20-16(12-27)22(28)30-19-11-14(10-18(29)21(19)20)13-6-2-1-3-7-13/h1-9,14,20H,10-11,28H2/t14-,20+/m1/s1. The molecule has 0 spiro atoms. The molecule has 2 aliphatic rings. The molecule has 1 aliphatic carbocycles. The van der Waals surface area contributed by atoms with Crippen molar-refractivity contribution < 1.29 is 22.7 Å². The van der Waals surface area contributed by atoms with Crippen LogP contribution in [0.25, 0.3) is 0 Å². The van der Waals surface area contributed by atoms with Gasteiger partial charge < -0.3 is 10.5 Å². The average molecular weight is 410 g/mol. The Morgan fingerprint density at radius 3 is 2.37 bits per heavy atom. The van der Waals surface area contributed by atoms with Gasteiger partial charge in [-0.15, -0.1) is 0 Å². The molecule has 2 N–H and O–H groups in total. The van der Waals surface area contributed by atoms with Crippen molar-refractivity contribution >= 4 is 5.78 Å². The summed E-state index contributed by atoms with van der Waals surface area (Å²) in [5.74, 6) is -1.75. The number of ketones is 1. The molecule has 0 bridgehead atoms. The van der Waals surface area contributed by atoms with Gasteiger partial charge in [0, 0.05) is 18.4 Å². The number of rotatable bonds is 2. The summed E-state index contributed by atoms with van der Waals surface area (Å²) in [6.07, 6.45) is -4.21. The van der Waals surface area contributed by atoms with Gasteiger partial charge in [-0.1, -0.05) is 48.5 Å². The molecule has 152 valence electrons. The fourth-order valence-corrected chi connectivity index (χ4v) is 4.19. The molecule has 2 atom stereocenters. The molecule has 0 unspecified atom stereocenters. The summed E-state index contributed by atoms with van der Waals surface area (Å²) >= 11 is 0. The lowest BCUT2D eigenvalue weighted by Gasteiger charge is -2.34. The summed E-state index contributed by atoms with van der Waals surface area (Å²) in [6.45, 7) is 0. The van der Waals surface area contributed by atoms with Crippen molar-refractivity contribution in [3.63, 3.8) is 0 Å². The monoisotopic (exact) mass is 410 g/mol. The van der Waals surface area contributed by atoms with E-state index in [0.717, 1.165) is 11.6 Å². The van der Waals surface area contributed by atoms with Crippen LogP contribution >= 0.6 is 0 Å². The van der Waals surface area contributed by atoms with Crippen LogP contribution in [0.1, 0.15) is 41.4 Å². The molecule has 7 heteroatoms. The van der Waals surface area contributed by atoms with Crippen molar-refractivity contribution in [3.8, 4) is 6.07 Å². The Kier molecular flexibility index (Phi) is 4.86. The lowest BCUT2D eigenvalue weighted by Crippen LogP contribution is -2.30. The lowest BCUT2D eigenvalue weighted by molar-refractivity contribution is -0.138. The SMILES string of the molecule is N#CC1=C(N)OC2=C(C(=O)C[C@@H](c3ccccc3)C2)[C@H]1c1ccccc1C(F)(F)F. The maximum Gasteiger partial charge on any atom is 0.416 e. The summed E-state index contributed by atoms with van der Waals surface area (Å²) in [5.41, 5.74) is 5.68. The largest absolute Gasteiger partial charge is 0.444 e. The fourth-order valence-electron chi connectivity index (χ4n) is 4.19. The first-order chi connectivity index (χ1) is 14.3. The van der Waals surface area contributed by atoms with Gasteiger partial charge in [0.15, 0.2) is 5.78 Å². The van der Waals surface area contributed by atoms with E-state index in [2.05, 4.69) is 0 Å². The van der Waals surface area contributed by atoms with Crippen molar-refractivity contribution in [3.05, 3.63) is 94.1 Å². The Morgan fingerprint density at radius 2 is 1.70 bits per heavy atom. The van der Waals surface area contributed by atoms with Crippen molar-refractivity contribution in [1.82, 2.24) is 0 Å². The van der Waals surface area contributed by atoms with Crippen LogP contribution in [-0.2, 0) is 15.7 Å². The number of halogens is 3. The molecular weight excluding hydrogens is 393 g/mol. The number of nitrogens with two attached hydrogens (primary N) is 1. The summed E-state index contributed by atoms with van der Waals surface area (Å²) in [6, 6.07) is 16.2. The molecule has 4 nitrogen and oxygen atoms in total. The van der Waals surface area contributed by atoms with Gasteiger partial charge in [-0.3, -0.25) is 4.79 Å². The summed E-state index contributed by atoms with van der Waals surface area (Å²) in [5, 5.41) is 9.61. The molecule has 0 aromatic heterocycles. The van der Waals surface area contributed by atoms with Gasteiger partial charge in [0.05, 0.1) is 11.5 Å². The van der Waals surface area contributed by atoms with Crippen LogP contribution in [-0.4, -0.2) is 5.78 Å². The first-order valence-corrected chi connectivity index (χ1v) is 9.36. The molecule has 0 saturated heterocycles. The number of hydrogen-bond acceptors (Lipinski definition) is 4. The summed E-state index contributed by atoms with van der Waals surface area (Å²) in [4.78, 5) is 13.1. The number of carbonyl (C=O) groups excluding carboxylic acids is 1. The highest BCUT2D eigenvalue weighted by molar-refractivity contribution is 6.00. The molecule has 0 saturated carbocycles. The van der Waals surface area contributed by atoms with Crippen LogP contribution in [0.4, 0.5) is 13.2 Å². The Labute approximate surface area is 171 Å². The fraction of sp³-hybridized carbons (Fsp3) is 0.217. The first-order valence-electron chi connectivity index (χ1n) is 9.36. The number of nitriles is 1. The molecular formula is C23H17F3N2O2. The maximum atomic E-state index is 13.7. The number of nitrogens with zero attached hydrogens (tertiary/aromatic N) is 1. The Balaban J connectivity index is 1.86. The highest BCUT2D eigenvalue weighted by atomic mass is 19.4. The van der Waals surface area contributed by atoms with E-state index in [9.17, 15) is 23.2 Å². The molecule has 0 fully saturated rings. The van der Waals surface area contributed by atoms with Crippen molar-refractivity contribution in [1.29, 1.82) is 5.26 Å². The van der Waals surface area contributed by atoms with Gasteiger partial charge in [0.2, 0.25) is 5.88 Å². The van der Waals surface area contributed by atoms with Crippen molar-refractivity contribution in [2.75, 3.05) is 0 Å². The molecule has 2 aromatic carbocycles. The first kappa shape index (κ1) is 19.8. The van der Waals surface area contributed by atoms with Crippen LogP contribution in [0.5, 0.6) is 0 Å². The van der Waals surface area contributed by atoms with E-state index >= 15 is 0 Å². The molecule has 1 heterocycles. The summed E-state index contributed by atoms with van der Waals surface area (Å²) in [7, 11) is 0. The molecule has 4 rings (SSSR count). The molecule has 30 heavy (non-hydrogen) atoms. The van der Waals surface area contributed by atoms with Crippen LogP contribution in [0.3, 0.4) is 0 Å². The highest BCUT2D eigenvalue weighted by Gasteiger charge is 2.44. The second kappa shape index (κ2) is 7.38. The normalized spacial score (nSPS) is 21.7. The number of benzene rings is 2. The smallest absolute Gasteiger partial charge is 0.416 e. The summed E-state index contributed by atoms with van der Waals surface area (Å²) < 4.78 is 46.6. The third-order valence-electron chi connectivity index (χ3n) is 5.51. The topological polar surface area (TPSA) is 76.1 Å². The van der Waals surface area contributed by atoms with Crippen LogP contribution in [0, 0.1) is 11.3 Å². The van der Waals surface area contributed by atoms with Gasteiger partial charge >= 0.3 is 6.18 Å². The van der Waals surface area contributed by atoms with Gasteiger partial charge in [0.25, 0.3) is 0 Å². The van der Waals surface area contributed by atoms with Crippen LogP contribution < -0.4 is 5.73 Å².